The molecule has 1 amide bonds. The molecule has 2 heterocycles. The van der Waals surface area contributed by atoms with Gasteiger partial charge in [-0.3, -0.25) is 9.78 Å². The van der Waals surface area contributed by atoms with Crippen LogP contribution in [0.4, 0.5) is 8.78 Å². The fraction of sp³-hybridized carbons (Fsp3) is 0.355. The van der Waals surface area contributed by atoms with Gasteiger partial charge < -0.3 is 9.64 Å². The van der Waals surface area contributed by atoms with E-state index >= 15 is 0 Å². The third-order valence-electron chi connectivity index (χ3n) is 7.84. The summed E-state index contributed by atoms with van der Waals surface area (Å²) in [6.45, 7) is 4.42. The summed E-state index contributed by atoms with van der Waals surface area (Å²) in [6, 6.07) is 12.0. The maximum absolute atomic E-state index is 14.6. The predicted molar refractivity (Wildman–Crippen MR) is 154 cm³/mol. The molecule has 4 aromatic rings. The number of rotatable bonds is 7. The summed E-state index contributed by atoms with van der Waals surface area (Å²) in [6.07, 6.45) is 6.72. The highest BCUT2D eigenvalue weighted by Crippen LogP contribution is 2.41. The van der Waals surface area contributed by atoms with Crippen molar-refractivity contribution in [1.29, 1.82) is 0 Å². The molecule has 4 nitrogen and oxygen atoms in total. The summed E-state index contributed by atoms with van der Waals surface area (Å²) in [5.74, 6) is -0.236. The van der Waals surface area contributed by atoms with E-state index in [1.807, 2.05) is 48.4 Å². The van der Waals surface area contributed by atoms with Crippen LogP contribution in [-0.2, 0) is 6.54 Å². The molecule has 0 bridgehead atoms. The van der Waals surface area contributed by atoms with Gasteiger partial charge in [0.1, 0.15) is 22.3 Å². The molecular formula is C31H31ClF2N2O2S. The largest absolute Gasteiger partial charge is 0.496 e. The van der Waals surface area contributed by atoms with Crippen LogP contribution in [0.25, 0.3) is 21.2 Å². The van der Waals surface area contributed by atoms with Gasteiger partial charge >= 0.3 is 0 Å². The Hall–Kier alpha value is -3.03. The zero-order valence-electron chi connectivity index (χ0n) is 22.3. The Morgan fingerprint density at radius 1 is 1.08 bits per heavy atom. The van der Waals surface area contributed by atoms with E-state index in [9.17, 15) is 13.6 Å². The standard InChI is InChI=1S/C31H31ClF2N2O2S/c1-4-19-6-10-23(11-7-19)36(31(37)30-28(32)27-24(33)12-13-25(34)29(27)39-30)17-22-15-20(9-14-26(22)38-3)21-8-5-18(2)35-16-21/h5,8-9,12-16,19,23H,4,6-7,10-11,17H2,1-3H3/t19-,23-. The van der Waals surface area contributed by atoms with Crippen LogP contribution >= 0.6 is 22.9 Å². The average molecular weight is 569 g/mol. The van der Waals surface area contributed by atoms with E-state index in [0.717, 1.165) is 78.0 Å². The van der Waals surface area contributed by atoms with Gasteiger partial charge in [-0.05, 0) is 74.4 Å². The van der Waals surface area contributed by atoms with E-state index in [1.165, 1.54) is 0 Å². The number of benzene rings is 2. The highest BCUT2D eigenvalue weighted by Gasteiger charge is 2.33. The monoisotopic (exact) mass is 568 g/mol. The Morgan fingerprint density at radius 3 is 2.44 bits per heavy atom. The minimum absolute atomic E-state index is 0.0225. The number of carbonyl (C=O) groups excluding carboxylic acids is 1. The first-order valence-electron chi connectivity index (χ1n) is 13.3. The first-order chi connectivity index (χ1) is 18.8. The smallest absolute Gasteiger partial charge is 0.266 e. The van der Waals surface area contributed by atoms with Crippen LogP contribution in [0.15, 0.2) is 48.7 Å². The van der Waals surface area contributed by atoms with Crippen molar-refractivity contribution in [3.8, 4) is 16.9 Å². The van der Waals surface area contributed by atoms with E-state index in [2.05, 4.69) is 11.9 Å². The van der Waals surface area contributed by atoms with E-state index in [-0.39, 0.29) is 38.5 Å². The molecule has 8 heteroatoms. The Bertz CT molecular complexity index is 1500. The molecule has 0 N–H and O–H groups in total. The fourth-order valence-corrected chi connectivity index (χ4v) is 7.01. The second-order valence-corrected chi connectivity index (χ2v) is 11.6. The van der Waals surface area contributed by atoms with Crippen molar-refractivity contribution in [1.82, 2.24) is 9.88 Å². The number of carbonyl (C=O) groups is 1. The van der Waals surface area contributed by atoms with Crippen molar-refractivity contribution in [2.75, 3.05) is 7.11 Å². The summed E-state index contributed by atoms with van der Waals surface area (Å²) in [4.78, 5) is 20.6. The van der Waals surface area contributed by atoms with E-state index < -0.39 is 11.6 Å². The van der Waals surface area contributed by atoms with E-state index in [4.69, 9.17) is 16.3 Å². The van der Waals surface area contributed by atoms with Gasteiger partial charge in [0.15, 0.2) is 0 Å². The first-order valence-corrected chi connectivity index (χ1v) is 14.5. The maximum atomic E-state index is 14.6. The van der Waals surface area contributed by atoms with Gasteiger partial charge in [-0.1, -0.05) is 37.1 Å². The minimum atomic E-state index is -0.636. The SMILES string of the molecule is CC[C@H]1CC[C@H](N(Cc2cc(-c3ccc(C)nc3)ccc2OC)C(=O)c2sc3c(F)ccc(F)c3c2Cl)CC1. The molecule has 1 fully saturated rings. The number of pyridine rings is 1. The summed E-state index contributed by atoms with van der Waals surface area (Å²) >= 11 is 7.48. The van der Waals surface area contributed by atoms with Gasteiger partial charge in [-0.2, -0.15) is 0 Å². The lowest BCUT2D eigenvalue weighted by molar-refractivity contribution is 0.0591. The average Bonchev–Trinajstić information content (AvgIpc) is 3.32. The zero-order chi connectivity index (χ0) is 27.7. The lowest BCUT2D eigenvalue weighted by atomic mass is 9.83. The summed E-state index contributed by atoms with van der Waals surface area (Å²) < 4.78 is 35.0. The number of hydrogen-bond donors (Lipinski definition) is 0. The maximum Gasteiger partial charge on any atom is 0.266 e. The first kappa shape index (κ1) is 27.5. The molecule has 0 saturated heterocycles. The molecule has 1 aliphatic rings. The van der Waals surface area contributed by atoms with Crippen LogP contribution in [0.5, 0.6) is 5.75 Å². The summed E-state index contributed by atoms with van der Waals surface area (Å²) in [5.41, 5.74) is 3.70. The number of ether oxygens (including phenoxy) is 1. The number of fused-ring (bicyclic) bond motifs is 1. The lowest BCUT2D eigenvalue weighted by Crippen LogP contribution is -2.41. The van der Waals surface area contributed by atoms with Crippen molar-refractivity contribution < 1.29 is 18.3 Å². The number of halogens is 3. The second kappa shape index (κ2) is 11.6. The summed E-state index contributed by atoms with van der Waals surface area (Å²) in [7, 11) is 1.61. The number of thiophene rings is 1. The third-order valence-corrected chi connectivity index (χ3v) is 9.51. The molecule has 2 aromatic carbocycles. The number of amides is 1. The van der Waals surface area contributed by atoms with Crippen molar-refractivity contribution in [2.24, 2.45) is 5.92 Å². The van der Waals surface area contributed by atoms with Gasteiger partial charge in [0.25, 0.3) is 5.91 Å². The van der Waals surface area contributed by atoms with Crippen LogP contribution in [0, 0.1) is 24.5 Å². The molecular weight excluding hydrogens is 538 g/mol. The van der Waals surface area contributed by atoms with Crippen molar-refractivity contribution in [3.05, 3.63) is 81.5 Å². The van der Waals surface area contributed by atoms with Crippen LogP contribution in [0.1, 0.15) is 60.0 Å². The molecule has 0 unspecified atom stereocenters. The molecule has 1 aliphatic carbocycles. The molecule has 0 radical (unpaired) electrons. The van der Waals surface area contributed by atoms with Gasteiger partial charge in [-0.15, -0.1) is 11.3 Å². The Labute approximate surface area is 236 Å². The van der Waals surface area contributed by atoms with E-state index in [1.54, 1.807) is 7.11 Å². The topological polar surface area (TPSA) is 42.4 Å². The quantitative estimate of drug-likeness (QED) is 0.224. The predicted octanol–water partition coefficient (Wildman–Crippen LogP) is 8.82. The Kier molecular flexibility index (Phi) is 8.19. The normalized spacial score (nSPS) is 17.4. The van der Waals surface area contributed by atoms with Crippen molar-refractivity contribution >= 4 is 38.9 Å². The Morgan fingerprint density at radius 2 is 1.79 bits per heavy atom. The van der Waals surface area contributed by atoms with Gasteiger partial charge in [0.2, 0.25) is 0 Å². The lowest BCUT2D eigenvalue weighted by Gasteiger charge is -2.37. The molecule has 0 spiro atoms. The van der Waals surface area contributed by atoms with Crippen molar-refractivity contribution in [3.63, 3.8) is 0 Å². The van der Waals surface area contributed by atoms with Gasteiger partial charge in [0, 0.05) is 35.6 Å². The van der Waals surface area contributed by atoms with E-state index in [0.29, 0.717) is 11.7 Å². The number of hydrogen-bond acceptors (Lipinski definition) is 4. The number of methoxy groups -OCH3 is 1. The van der Waals surface area contributed by atoms with Gasteiger partial charge in [0.05, 0.1) is 22.2 Å². The molecule has 204 valence electrons. The second-order valence-electron chi connectivity index (χ2n) is 10.2. The number of aryl methyl sites for hydroxylation is 1. The van der Waals surface area contributed by atoms with Crippen LogP contribution in [-0.4, -0.2) is 28.9 Å². The molecule has 1 saturated carbocycles. The van der Waals surface area contributed by atoms with Crippen LogP contribution < -0.4 is 4.74 Å². The zero-order valence-corrected chi connectivity index (χ0v) is 23.8. The molecule has 0 atom stereocenters. The van der Waals surface area contributed by atoms with Crippen LogP contribution in [0.2, 0.25) is 5.02 Å². The number of aromatic nitrogens is 1. The minimum Gasteiger partial charge on any atom is -0.496 e. The van der Waals surface area contributed by atoms with Crippen LogP contribution in [0.3, 0.4) is 0 Å². The molecule has 2 aromatic heterocycles. The summed E-state index contributed by atoms with van der Waals surface area (Å²) in [5, 5.41) is -0.0678. The number of nitrogens with zero attached hydrogens (tertiary/aromatic N) is 2. The van der Waals surface area contributed by atoms with Crippen molar-refractivity contribution in [2.45, 2.75) is 58.5 Å². The van der Waals surface area contributed by atoms with Gasteiger partial charge in [-0.25, -0.2) is 8.78 Å². The molecule has 5 rings (SSSR count). The highest BCUT2D eigenvalue weighted by atomic mass is 35.5. The highest BCUT2D eigenvalue weighted by molar-refractivity contribution is 7.21. The third kappa shape index (κ3) is 5.52. The molecule has 39 heavy (non-hydrogen) atoms. The Balaban J connectivity index is 1.55. The fourth-order valence-electron chi connectivity index (χ4n) is 5.50. The molecule has 0 aliphatic heterocycles.